The number of anilines is 1. The third kappa shape index (κ3) is 6.55. The van der Waals surface area contributed by atoms with Crippen molar-refractivity contribution < 1.29 is 18.8 Å². The maximum Gasteiger partial charge on any atom is 0.312 e. The van der Waals surface area contributed by atoms with Crippen molar-refractivity contribution in [2.45, 2.75) is 12.5 Å². The van der Waals surface area contributed by atoms with E-state index in [0.29, 0.717) is 16.3 Å². The van der Waals surface area contributed by atoms with Gasteiger partial charge in [-0.25, -0.2) is 9.18 Å². The Bertz CT molecular complexity index is 861. The minimum absolute atomic E-state index is 0.103. The van der Waals surface area contributed by atoms with Crippen LogP contribution in [0.4, 0.5) is 14.9 Å². The zero-order chi connectivity index (χ0) is 20.7. The molecule has 4 amide bonds. The van der Waals surface area contributed by atoms with Gasteiger partial charge in [0.15, 0.2) is 0 Å². The minimum Gasteiger partial charge on any atom is -0.352 e. The minimum atomic E-state index is -0.778. The van der Waals surface area contributed by atoms with Gasteiger partial charge in [-0.1, -0.05) is 29.8 Å². The summed E-state index contributed by atoms with van der Waals surface area (Å²) in [4.78, 5) is 37.0. The molecule has 0 aliphatic heterocycles. The Labute approximate surface area is 166 Å². The fraction of sp³-hybridized carbons (Fsp3) is 0.211. The summed E-state index contributed by atoms with van der Waals surface area (Å²) in [5, 5.41) is 5.53. The SMILES string of the molecule is CN(CC(=O)Nc1cccc(F)c1)C(=O)C[C@H](NC(N)=O)c1ccc(Cl)cc1. The first-order valence-corrected chi connectivity index (χ1v) is 8.73. The lowest BCUT2D eigenvalue weighted by molar-refractivity contribution is -0.133. The molecule has 2 rings (SSSR count). The summed E-state index contributed by atoms with van der Waals surface area (Å²) in [5.41, 5.74) is 6.13. The number of nitrogens with two attached hydrogens (primary N) is 1. The van der Waals surface area contributed by atoms with E-state index >= 15 is 0 Å². The van der Waals surface area contributed by atoms with Gasteiger partial charge in [-0.15, -0.1) is 0 Å². The van der Waals surface area contributed by atoms with Gasteiger partial charge in [0.1, 0.15) is 5.82 Å². The fourth-order valence-corrected chi connectivity index (χ4v) is 2.65. The van der Waals surface area contributed by atoms with E-state index < -0.39 is 23.8 Å². The molecular formula is C19H20ClFN4O3. The van der Waals surface area contributed by atoms with Crippen LogP contribution in [0.2, 0.25) is 5.02 Å². The van der Waals surface area contributed by atoms with Gasteiger partial charge in [0.2, 0.25) is 11.8 Å². The number of amides is 4. The molecule has 4 N–H and O–H groups in total. The maximum absolute atomic E-state index is 13.2. The fourth-order valence-electron chi connectivity index (χ4n) is 2.52. The van der Waals surface area contributed by atoms with Crippen LogP contribution in [0.5, 0.6) is 0 Å². The number of likely N-dealkylation sites (N-methyl/N-ethyl adjacent to an activating group) is 1. The number of hydrogen-bond acceptors (Lipinski definition) is 3. The first-order valence-electron chi connectivity index (χ1n) is 8.35. The normalized spacial score (nSPS) is 11.4. The molecule has 2 aromatic rings. The van der Waals surface area contributed by atoms with Crippen molar-refractivity contribution in [2.75, 3.05) is 18.9 Å². The van der Waals surface area contributed by atoms with Crippen LogP contribution < -0.4 is 16.4 Å². The molecule has 148 valence electrons. The van der Waals surface area contributed by atoms with Crippen molar-refractivity contribution in [3.8, 4) is 0 Å². The van der Waals surface area contributed by atoms with Crippen LogP contribution in [0.1, 0.15) is 18.0 Å². The summed E-state index contributed by atoms with van der Waals surface area (Å²) in [6.07, 6.45) is -0.103. The lowest BCUT2D eigenvalue weighted by Crippen LogP contribution is -2.39. The highest BCUT2D eigenvalue weighted by Crippen LogP contribution is 2.20. The number of carbonyl (C=O) groups excluding carboxylic acids is 3. The van der Waals surface area contributed by atoms with Crippen molar-refractivity contribution in [1.29, 1.82) is 0 Å². The van der Waals surface area contributed by atoms with Crippen LogP contribution >= 0.6 is 11.6 Å². The number of rotatable bonds is 7. The molecule has 0 aromatic heterocycles. The quantitative estimate of drug-likeness (QED) is 0.658. The average Bonchev–Trinajstić information content (AvgIpc) is 2.61. The molecule has 0 aliphatic rings. The van der Waals surface area contributed by atoms with Crippen molar-refractivity contribution >= 4 is 35.1 Å². The van der Waals surface area contributed by atoms with Gasteiger partial charge in [-0.05, 0) is 35.9 Å². The highest BCUT2D eigenvalue weighted by Gasteiger charge is 2.21. The predicted molar refractivity (Wildman–Crippen MR) is 104 cm³/mol. The first kappa shape index (κ1) is 21.2. The molecule has 0 spiro atoms. The number of nitrogens with zero attached hydrogens (tertiary/aromatic N) is 1. The van der Waals surface area contributed by atoms with Gasteiger partial charge in [0, 0.05) is 17.8 Å². The molecule has 28 heavy (non-hydrogen) atoms. The first-order chi connectivity index (χ1) is 13.2. The lowest BCUT2D eigenvalue weighted by atomic mass is 10.0. The summed E-state index contributed by atoms with van der Waals surface area (Å²) in [5.74, 6) is -1.35. The third-order valence-electron chi connectivity index (χ3n) is 3.88. The largest absolute Gasteiger partial charge is 0.352 e. The van der Waals surface area contributed by atoms with Gasteiger partial charge in [-0.2, -0.15) is 0 Å². The van der Waals surface area contributed by atoms with Gasteiger partial charge in [0.25, 0.3) is 0 Å². The number of benzene rings is 2. The van der Waals surface area contributed by atoms with Crippen molar-refractivity contribution in [2.24, 2.45) is 5.73 Å². The molecule has 0 aliphatic carbocycles. The molecule has 0 heterocycles. The van der Waals surface area contributed by atoms with Crippen LogP contribution in [-0.2, 0) is 9.59 Å². The van der Waals surface area contributed by atoms with Crippen LogP contribution in [0.25, 0.3) is 0 Å². The zero-order valence-corrected chi connectivity index (χ0v) is 15.9. The number of urea groups is 1. The molecule has 0 unspecified atom stereocenters. The second-order valence-corrected chi connectivity index (χ2v) is 6.56. The predicted octanol–water partition coefficient (Wildman–Crippen LogP) is 2.68. The summed E-state index contributed by atoms with van der Waals surface area (Å²) in [7, 11) is 1.46. The highest BCUT2D eigenvalue weighted by molar-refractivity contribution is 6.30. The van der Waals surface area contributed by atoms with Crippen LogP contribution in [0.15, 0.2) is 48.5 Å². The Morgan fingerprint density at radius 2 is 1.86 bits per heavy atom. The second kappa shape index (κ2) is 9.70. The Kier molecular flexibility index (Phi) is 7.34. The Balaban J connectivity index is 1.98. The van der Waals surface area contributed by atoms with Crippen LogP contribution in [0, 0.1) is 5.82 Å². The number of nitrogens with one attached hydrogen (secondary N) is 2. The summed E-state index contributed by atoms with van der Waals surface area (Å²) < 4.78 is 13.2. The molecule has 0 saturated carbocycles. The molecule has 0 bridgehead atoms. The standard InChI is InChI=1S/C19H20ClFN4O3/c1-25(11-17(26)23-15-4-2-3-14(21)9-15)18(27)10-16(24-19(22)28)12-5-7-13(20)8-6-12/h2-9,16H,10-11H2,1H3,(H,23,26)(H3,22,24,28)/t16-/m0/s1. The number of carbonyl (C=O) groups is 3. The van der Waals surface area contributed by atoms with Crippen molar-refractivity contribution in [3.05, 3.63) is 64.9 Å². The highest BCUT2D eigenvalue weighted by atomic mass is 35.5. The molecule has 0 radical (unpaired) electrons. The van der Waals surface area contributed by atoms with E-state index in [2.05, 4.69) is 10.6 Å². The van der Waals surface area contributed by atoms with Crippen LogP contribution in [0.3, 0.4) is 0 Å². The third-order valence-corrected chi connectivity index (χ3v) is 4.13. The van der Waals surface area contributed by atoms with E-state index in [1.54, 1.807) is 24.3 Å². The Morgan fingerprint density at radius 3 is 2.46 bits per heavy atom. The van der Waals surface area contributed by atoms with Crippen LogP contribution in [-0.4, -0.2) is 36.3 Å². The molecule has 9 heteroatoms. The average molecular weight is 407 g/mol. The number of hydrogen-bond donors (Lipinski definition) is 3. The van der Waals surface area contributed by atoms with Crippen molar-refractivity contribution in [3.63, 3.8) is 0 Å². The van der Waals surface area contributed by atoms with E-state index in [1.165, 1.54) is 36.2 Å². The van der Waals surface area contributed by atoms with Gasteiger partial charge in [-0.3, -0.25) is 9.59 Å². The van der Waals surface area contributed by atoms with E-state index in [1.807, 2.05) is 0 Å². The molecule has 2 aromatic carbocycles. The van der Waals surface area contributed by atoms with E-state index in [4.69, 9.17) is 17.3 Å². The van der Waals surface area contributed by atoms with Gasteiger partial charge in [0.05, 0.1) is 19.0 Å². The lowest BCUT2D eigenvalue weighted by Gasteiger charge is -2.22. The van der Waals surface area contributed by atoms with Gasteiger partial charge < -0.3 is 21.3 Å². The Hall–Kier alpha value is -3.13. The molecule has 0 fully saturated rings. The smallest absolute Gasteiger partial charge is 0.312 e. The second-order valence-electron chi connectivity index (χ2n) is 6.13. The molecule has 7 nitrogen and oxygen atoms in total. The maximum atomic E-state index is 13.2. The molecule has 1 atom stereocenters. The molecule has 0 saturated heterocycles. The van der Waals surface area contributed by atoms with E-state index in [-0.39, 0.29) is 18.9 Å². The monoisotopic (exact) mass is 406 g/mol. The van der Waals surface area contributed by atoms with Gasteiger partial charge >= 0.3 is 6.03 Å². The summed E-state index contributed by atoms with van der Waals surface area (Å²) >= 11 is 5.86. The molecular weight excluding hydrogens is 387 g/mol. The van der Waals surface area contributed by atoms with Crippen molar-refractivity contribution in [1.82, 2.24) is 10.2 Å². The summed E-state index contributed by atoms with van der Waals surface area (Å²) in [6.45, 7) is -0.237. The zero-order valence-electron chi connectivity index (χ0n) is 15.1. The summed E-state index contributed by atoms with van der Waals surface area (Å²) in [6, 6.07) is 10.6. The van der Waals surface area contributed by atoms with E-state index in [9.17, 15) is 18.8 Å². The number of primary amides is 1. The Morgan fingerprint density at radius 1 is 1.18 bits per heavy atom. The topological polar surface area (TPSA) is 105 Å². The van der Waals surface area contributed by atoms with E-state index in [0.717, 1.165) is 0 Å². The number of halogens is 2.